The Bertz CT molecular complexity index is 528. The standard InChI is InChI=1S/C16H22N2O3/c1-3-16(20)18-9-7-14-13(11-18)5-4-6-15(14)17-8-10-21-12(2)19/h4-6,17H,3,7-11H2,1-2H3. The third-order valence-electron chi connectivity index (χ3n) is 3.64. The minimum atomic E-state index is -0.263. The highest BCUT2D eigenvalue weighted by Crippen LogP contribution is 2.26. The van der Waals surface area contributed by atoms with Gasteiger partial charge >= 0.3 is 5.97 Å². The molecule has 114 valence electrons. The van der Waals surface area contributed by atoms with Crippen LogP contribution in [0.1, 0.15) is 31.4 Å². The number of carbonyl (C=O) groups is 2. The van der Waals surface area contributed by atoms with E-state index in [1.165, 1.54) is 18.1 Å². The Hall–Kier alpha value is -2.04. The summed E-state index contributed by atoms with van der Waals surface area (Å²) in [5.74, 6) is -0.0607. The van der Waals surface area contributed by atoms with Crippen LogP contribution >= 0.6 is 0 Å². The second-order valence-corrected chi connectivity index (χ2v) is 5.13. The van der Waals surface area contributed by atoms with E-state index in [1.807, 2.05) is 24.0 Å². The summed E-state index contributed by atoms with van der Waals surface area (Å²) in [7, 11) is 0. The average Bonchev–Trinajstić information content (AvgIpc) is 2.50. The number of hydrogen-bond donors (Lipinski definition) is 1. The van der Waals surface area contributed by atoms with Gasteiger partial charge in [-0.15, -0.1) is 0 Å². The third kappa shape index (κ3) is 3.97. The zero-order chi connectivity index (χ0) is 15.2. The first kappa shape index (κ1) is 15.4. The second kappa shape index (κ2) is 7.11. The molecule has 5 nitrogen and oxygen atoms in total. The summed E-state index contributed by atoms with van der Waals surface area (Å²) in [6.45, 7) is 5.70. The molecule has 0 saturated heterocycles. The van der Waals surface area contributed by atoms with Crippen molar-refractivity contribution in [1.82, 2.24) is 4.90 Å². The molecule has 0 fully saturated rings. The fourth-order valence-electron chi connectivity index (χ4n) is 2.59. The van der Waals surface area contributed by atoms with E-state index in [0.29, 0.717) is 26.1 Å². The van der Waals surface area contributed by atoms with Crippen LogP contribution < -0.4 is 5.32 Å². The highest BCUT2D eigenvalue weighted by molar-refractivity contribution is 5.76. The van der Waals surface area contributed by atoms with Crippen molar-refractivity contribution in [3.8, 4) is 0 Å². The van der Waals surface area contributed by atoms with E-state index in [9.17, 15) is 9.59 Å². The fraction of sp³-hybridized carbons (Fsp3) is 0.500. The Labute approximate surface area is 125 Å². The van der Waals surface area contributed by atoms with Crippen molar-refractivity contribution in [2.75, 3.05) is 25.0 Å². The third-order valence-corrected chi connectivity index (χ3v) is 3.64. The Morgan fingerprint density at radius 2 is 2.19 bits per heavy atom. The van der Waals surface area contributed by atoms with Crippen LogP contribution in [0.3, 0.4) is 0 Å². The molecule has 1 aliphatic heterocycles. The second-order valence-electron chi connectivity index (χ2n) is 5.13. The number of fused-ring (bicyclic) bond motifs is 1. The molecular formula is C16H22N2O3. The van der Waals surface area contributed by atoms with Crippen LogP contribution in [-0.4, -0.2) is 36.5 Å². The number of benzene rings is 1. The maximum absolute atomic E-state index is 11.8. The largest absolute Gasteiger partial charge is 0.464 e. The number of ether oxygens (including phenoxy) is 1. The molecule has 2 rings (SSSR count). The number of nitrogens with one attached hydrogen (secondary N) is 1. The molecule has 0 saturated carbocycles. The smallest absolute Gasteiger partial charge is 0.302 e. The van der Waals surface area contributed by atoms with Crippen LogP contribution in [0.5, 0.6) is 0 Å². The lowest BCUT2D eigenvalue weighted by atomic mass is 9.97. The molecule has 0 atom stereocenters. The lowest BCUT2D eigenvalue weighted by Gasteiger charge is -2.30. The first-order chi connectivity index (χ1) is 10.1. The van der Waals surface area contributed by atoms with Gasteiger partial charge in [-0.3, -0.25) is 9.59 Å². The summed E-state index contributed by atoms with van der Waals surface area (Å²) in [4.78, 5) is 24.4. The van der Waals surface area contributed by atoms with Crippen LogP contribution in [0.2, 0.25) is 0 Å². The molecule has 0 spiro atoms. The summed E-state index contributed by atoms with van der Waals surface area (Å²) < 4.78 is 4.92. The van der Waals surface area contributed by atoms with Crippen molar-refractivity contribution >= 4 is 17.6 Å². The molecule has 1 aliphatic rings. The zero-order valence-corrected chi connectivity index (χ0v) is 12.6. The van der Waals surface area contributed by atoms with Crippen LogP contribution in [0.25, 0.3) is 0 Å². The summed E-state index contributed by atoms with van der Waals surface area (Å²) in [5, 5.41) is 3.31. The van der Waals surface area contributed by atoms with Crippen molar-refractivity contribution in [3.63, 3.8) is 0 Å². The van der Waals surface area contributed by atoms with E-state index in [-0.39, 0.29) is 11.9 Å². The first-order valence-corrected chi connectivity index (χ1v) is 7.37. The normalized spacial score (nSPS) is 13.5. The number of hydrogen-bond acceptors (Lipinski definition) is 4. The van der Waals surface area contributed by atoms with Crippen LogP contribution in [0.15, 0.2) is 18.2 Å². The molecule has 1 N–H and O–H groups in total. The van der Waals surface area contributed by atoms with Gasteiger partial charge in [-0.1, -0.05) is 19.1 Å². The van der Waals surface area contributed by atoms with Crippen LogP contribution in [0.4, 0.5) is 5.69 Å². The highest BCUT2D eigenvalue weighted by atomic mass is 16.5. The van der Waals surface area contributed by atoms with E-state index < -0.39 is 0 Å². The van der Waals surface area contributed by atoms with Gasteiger partial charge in [-0.05, 0) is 23.6 Å². The molecule has 21 heavy (non-hydrogen) atoms. The quantitative estimate of drug-likeness (QED) is 0.665. The lowest BCUT2D eigenvalue weighted by molar-refractivity contribution is -0.140. The molecule has 0 aliphatic carbocycles. The molecule has 1 amide bonds. The Balaban J connectivity index is 2.00. The maximum Gasteiger partial charge on any atom is 0.302 e. The van der Waals surface area contributed by atoms with Gasteiger partial charge in [0, 0.05) is 38.7 Å². The Morgan fingerprint density at radius 3 is 2.90 bits per heavy atom. The molecule has 5 heteroatoms. The van der Waals surface area contributed by atoms with Crippen molar-refractivity contribution in [2.24, 2.45) is 0 Å². The van der Waals surface area contributed by atoms with Gasteiger partial charge in [0.05, 0.1) is 0 Å². The summed E-state index contributed by atoms with van der Waals surface area (Å²) in [6, 6.07) is 6.10. The van der Waals surface area contributed by atoms with Crippen molar-refractivity contribution in [2.45, 2.75) is 33.2 Å². The predicted octanol–water partition coefficient (Wildman–Crippen LogP) is 1.96. The zero-order valence-electron chi connectivity index (χ0n) is 12.6. The molecule has 0 aromatic heterocycles. The van der Waals surface area contributed by atoms with Crippen molar-refractivity contribution in [3.05, 3.63) is 29.3 Å². The molecule has 1 heterocycles. The first-order valence-electron chi connectivity index (χ1n) is 7.37. The van der Waals surface area contributed by atoms with Crippen molar-refractivity contribution < 1.29 is 14.3 Å². The fourth-order valence-corrected chi connectivity index (χ4v) is 2.59. The van der Waals surface area contributed by atoms with Gasteiger partial charge in [-0.2, -0.15) is 0 Å². The van der Waals surface area contributed by atoms with Crippen LogP contribution in [0, 0.1) is 0 Å². The summed E-state index contributed by atoms with van der Waals surface area (Å²) in [5.41, 5.74) is 3.53. The summed E-state index contributed by atoms with van der Waals surface area (Å²) >= 11 is 0. The minimum absolute atomic E-state index is 0.203. The van der Waals surface area contributed by atoms with E-state index in [0.717, 1.165) is 18.7 Å². The highest BCUT2D eigenvalue weighted by Gasteiger charge is 2.21. The van der Waals surface area contributed by atoms with Gasteiger partial charge in [0.25, 0.3) is 0 Å². The Morgan fingerprint density at radius 1 is 1.38 bits per heavy atom. The van der Waals surface area contributed by atoms with Crippen LogP contribution in [-0.2, 0) is 27.3 Å². The molecule has 1 aromatic carbocycles. The number of carbonyl (C=O) groups excluding carboxylic acids is 2. The maximum atomic E-state index is 11.8. The monoisotopic (exact) mass is 290 g/mol. The topological polar surface area (TPSA) is 58.6 Å². The van der Waals surface area contributed by atoms with Gasteiger partial charge in [0.1, 0.15) is 6.61 Å². The van der Waals surface area contributed by atoms with E-state index >= 15 is 0 Å². The number of esters is 1. The Kier molecular flexibility index (Phi) is 5.20. The number of rotatable bonds is 5. The SMILES string of the molecule is CCC(=O)N1CCc2c(cccc2NCCOC(C)=O)C1. The van der Waals surface area contributed by atoms with E-state index in [4.69, 9.17) is 4.74 Å². The van der Waals surface area contributed by atoms with Gasteiger partial charge in [0.2, 0.25) is 5.91 Å². The van der Waals surface area contributed by atoms with Gasteiger partial charge in [0.15, 0.2) is 0 Å². The van der Waals surface area contributed by atoms with Gasteiger partial charge < -0.3 is 15.0 Å². The van der Waals surface area contributed by atoms with E-state index in [1.54, 1.807) is 0 Å². The predicted molar refractivity (Wildman–Crippen MR) is 81.0 cm³/mol. The lowest BCUT2D eigenvalue weighted by Crippen LogP contribution is -2.35. The molecular weight excluding hydrogens is 268 g/mol. The molecule has 0 bridgehead atoms. The molecule has 0 unspecified atom stereocenters. The number of anilines is 1. The van der Waals surface area contributed by atoms with E-state index in [2.05, 4.69) is 11.4 Å². The van der Waals surface area contributed by atoms with Gasteiger partial charge in [-0.25, -0.2) is 0 Å². The van der Waals surface area contributed by atoms with Crippen molar-refractivity contribution in [1.29, 1.82) is 0 Å². The number of amides is 1. The molecule has 0 radical (unpaired) electrons. The summed E-state index contributed by atoms with van der Waals surface area (Å²) in [6.07, 6.45) is 1.41. The minimum Gasteiger partial charge on any atom is -0.464 e. The molecule has 1 aromatic rings. The average molecular weight is 290 g/mol. The number of nitrogens with zero attached hydrogens (tertiary/aromatic N) is 1.